The van der Waals surface area contributed by atoms with Gasteiger partial charge in [0.05, 0.1) is 13.2 Å². The summed E-state index contributed by atoms with van der Waals surface area (Å²) in [6.45, 7) is 5.07. The highest BCUT2D eigenvalue weighted by molar-refractivity contribution is 5.78. The lowest BCUT2D eigenvalue weighted by molar-refractivity contribution is -0.123. The second kappa shape index (κ2) is 8.91. The van der Waals surface area contributed by atoms with E-state index in [9.17, 15) is 4.79 Å². The van der Waals surface area contributed by atoms with E-state index in [0.29, 0.717) is 13.2 Å². The zero-order valence-corrected chi connectivity index (χ0v) is 13.8. The topological polar surface area (TPSA) is 41.6 Å². The molecule has 1 fully saturated rings. The molecule has 4 heteroatoms. The van der Waals surface area contributed by atoms with E-state index in [1.54, 1.807) is 7.11 Å². The number of hydrogen-bond acceptors (Lipinski definition) is 3. The van der Waals surface area contributed by atoms with E-state index in [-0.39, 0.29) is 11.9 Å². The Hall–Kier alpha value is -1.39. The SMILES string of the molecule is COC[C@@H](C)NC(=O)CN1CCC(Cc2ccccc2)CC1. The van der Waals surface area contributed by atoms with Crippen molar-refractivity contribution in [1.29, 1.82) is 0 Å². The van der Waals surface area contributed by atoms with Gasteiger partial charge in [-0.2, -0.15) is 0 Å². The van der Waals surface area contributed by atoms with Crippen LogP contribution >= 0.6 is 0 Å². The lowest BCUT2D eigenvalue weighted by atomic mass is 9.90. The lowest BCUT2D eigenvalue weighted by Crippen LogP contribution is -2.45. The molecule has 1 saturated heterocycles. The Morgan fingerprint density at radius 1 is 1.32 bits per heavy atom. The molecular formula is C18H28N2O2. The summed E-state index contributed by atoms with van der Waals surface area (Å²) in [4.78, 5) is 14.2. The molecule has 2 rings (SSSR count). The molecule has 0 bridgehead atoms. The van der Waals surface area contributed by atoms with Crippen LogP contribution in [0.1, 0.15) is 25.3 Å². The van der Waals surface area contributed by atoms with E-state index in [4.69, 9.17) is 4.74 Å². The highest BCUT2D eigenvalue weighted by atomic mass is 16.5. The first kappa shape index (κ1) is 17.0. The molecule has 1 aromatic carbocycles. The van der Waals surface area contributed by atoms with Gasteiger partial charge in [0.15, 0.2) is 0 Å². The van der Waals surface area contributed by atoms with Crippen LogP contribution in [0, 0.1) is 5.92 Å². The standard InChI is InChI=1S/C18H28N2O2/c1-15(14-22-2)19-18(21)13-20-10-8-17(9-11-20)12-16-6-4-3-5-7-16/h3-7,15,17H,8-14H2,1-2H3,(H,19,21)/t15-/m1/s1. The Morgan fingerprint density at radius 3 is 2.64 bits per heavy atom. The quantitative estimate of drug-likeness (QED) is 0.839. The Bertz CT molecular complexity index is 442. The molecule has 1 amide bonds. The number of piperidine rings is 1. The molecule has 0 saturated carbocycles. The number of ether oxygens (including phenoxy) is 1. The van der Waals surface area contributed by atoms with Crippen LogP contribution in [0.2, 0.25) is 0 Å². The van der Waals surface area contributed by atoms with Crippen LogP contribution in [-0.2, 0) is 16.0 Å². The summed E-state index contributed by atoms with van der Waals surface area (Å²) in [5.41, 5.74) is 1.42. The molecule has 0 radical (unpaired) electrons. The predicted molar refractivity (Wildman–Crippen MR) is 88.8 cm³/mol. The average Bonchev–Trinajstić information content (AvgIpc) is 2.50. The Labute approximate surface area is 133 Å². The summed E-state index contributed by atoms with van der Waals surface area (Å²) in [6.07, 6.45) is 3.51. The number of nitrogens with one attached hydrogen (secondary N) is 1. The Morgan fingerprint density at radius 2 is 2.00 bits per heavy atom. The fourth-order valence-corrected chi connectivity index (χ4v) is 3.11. The highest BCUT2D eigenvalue weighted by Gasteiger charge is 2.21. The second-order valence-electron chi connectivity index (χ2n) is 6.33. The molecule has 22 heavy (non-hydrogen) atoms. The first-order valence-corrected chi connectivity index (χ1v) is 8.22. The number of hydrogen-bond donors (Lipinski definition) is 1. The molecule has 1 aromatic rings. The summed E-state index contributed by atoms with van der Waals surface area (Å²) < 4.78 is 5.04. The summed E-state index contributed by atoms with van der Waals surface area (Å²) in [6, 6.07) is 10.8. The van der Waals surface area contributed by atoms with E-state index in [0.717, 1.165) is 25.4 Å². The minimum atomic E-state index is 0.0770. The summed E-state index contributed by atoms with van der Waals surface area (Å²) in [5.74, 6) is 0.847. The largest absolute Gasteiger partial charge is 0.383 e. The molecule has 0 aromatic heterocycles. The number of rotatable bonds is 7. The number of benzene rings is 1. The monoisotopic (exact) mass is 304 g/mol. The fraction of sp³-hybridized carbons (Fsp3) is 0.611. The number of likely N-dealkylation sites (tertiary alicyclic amines) is 1. The van der Waals surface area contributed by atoms with Crippen LogP contribution in [0.15, 0.2) is 30.3 Å². The van der Waals surface area contributed by atoms with Crippen LogP contribution in [0.5, 0.6) is 0 Å². The smallest absolute Gasteiger partial charge is 0.234 e. The van der Waals surface area contributed by atoms with Crippen molar-refractivity contribution in [2.45, 2.75) is 32.2 Å². The summed E-state index contributed by atoms with van der Waals surface area (Å²) >= 11 is 0. The predicted octanol–water partition coefficient (Wildman–Crippen LogP) is 2.09. The zero-order chi connectivity index (χ0) is 15.8. The van der Waals surface area contributed by atoms with Crippen molar-refractivity contribution in [3.63, 3.8) is 0 Å². The van der Waals surface area contributed by atoms with Gasteiger partial charge in [0.1, 0.15) is 0 Å². The molecule has 1 aliphatic heterocycles. The number of amides is 1. The first-order chi connectivity index (χ1) is 10.7. The van der Waals surface area contributed by atoms with Crippen molar-refractivity contribution in [2.75, 3.05) is 33.4 Å². The van der Waals surface area contributed by atoms with Crippen LogP contribution in [0.4, 0.5) is 0 Å². The maximum Gasteiger partial charge on any atom is 0.234 e. The minimum absolute atomic E-state index is 0.0770. The maximum absolute atomic E-state index is 12.0. The number of carbonyl (C=O) groups is 1. The van der Waals surface area contributed by atoms with Gasteiger partial charge >= 0.3 is 0 Å². The van der Waals surface area contributed by atoms with Crippen LogP contribution < -0.4 is 5.32 Å². The molecule has 0 aliphatic carbocycles. The molecule has 1 aliphatic rings. The van der Waals surface area contributed by atoms with Gasteiger partial charge in [-0.1, -0.05) is 30.3 Å². The summed E-state index contributed by atoms with van der Waals surface area (Å²) in [5, 5.41) is 2.97. The van der Waals surface area contributed by atoms with Crippen molar-refractivity contribution in [3.8, 4) is 0 Å². The highest BCUT2D eigenvalue weighted by Crippen LogP contribution is 2.21. The molecular weight excluding hydrogens is 276 g/mol. The van der Waals surface area contributed by atoms with E-state index < -0.39 is 0 Å². The van der Waals surface area contributed by atoms with Gasteiger partial charge in [-0.05, 0) is 50.8 Å². The van der Waals surface area contributed by atoms with Crippen LogP contribution in [0.25, 0.3) is 0 Å². The van der Waals surface area contributed by atoms with Gasteiger partial charge in [0.25, 0.3) is 0 Å². The van der Waals surface area contributed by atoms with E-state index >= 15 is 0 Å². The van der Waals surface area contributed by atoms with Gasteiger partial charge < -0.3 is 10.1 Å². The van der Waals surface area contributed by atoms with Gasteiger partial charge in [0.2, 0.25) is 5.91 Å². The van der Waals surface area contributed by atoms with Gasteiger partial charge in [-0.25, -0.2) is 0 Å². The van der Waals surface area contributed by atoms with Crippen molar-refractivity contribution in [2.24, 2.45) is 5.92 Å². The maximum atomic E-state index is 12.0. The second-order valence-corrected chi connectivity index (χ2v) is 6.33. The molecule has 122 valence electrons. The van der Waals surface area contributed by atoms with E-state index in [1.807, 2.05) is 6.92 Å². The fourth-order valence-electron chi connectivity index (χ4n) is 3.11. The molecule has 1 N–H and O–H groups in total. The minimum Gasteiger partial charge on any atom is -0.383 e. The molecule has 0 unspecified atom stereocenters. The normalized spacial score (nSPS) is 18.1. The third-order valence-electron chi connectivity index (χ3n) is 4.27. The third kappa shape index (κ3) is 5.78. The van der Waals surface area contributed by atoms with Crippen LogP contribution in [-0.4, -0.2) is 50.2 Å². The molecule has 1 heterocycles. The molecule has 0 spiro atoms. The van der Waals surface area contributed by atoms with Crippen LogP contribution in [0.3, 0.4) is 0 Å². The van der Waals surface area contributed by atoms with E-state index in [1.165, 1.54) is 18.4 Å². The molecule has 4 nitrogen and oxygen atoms in total. The number of methoxy groups -OCH3 is 1. The Balaban J connectivity index is 1.67. The van der Waals surface area contributed by atoms with Crippen molar-refractivity contribution >= 4 is 5.91 Å². The Kier molecular flexibility index (Phi) is 6.87. The van der Waals surface area contributed by atoms with Crippen molar-refractivity contribution in [3.05, 3.63) is 35.9 Å². The van der Waals surface area contributed by atoms with Gasteiger partial charge in [-0.3, -0.25) is 9.69 Å². The zero-order valence-electron chi connectivity index (χ0n) is 13.8. The summed E-state index contributed by atoms with van der Waals surface area (Å²) in [7, 11) is 1.65. The van der Waals surface area contributed by atoms with E-state index in [2.05, 4.69) is 40.5 Å². The van der Waals surface area contributed by atoms with Gasteiger partial charge in [0, 0.05) is 13.2 Å². The number of carbonyl (C=O) groups excluding carboxylic acids is 1. The molecule has 1 atom stereocenters. The van der Waals surface area contributed by atoms with Crippen molar-refractivity contribution < 1.29 is 9.53 Å². The first-order valence-electron chi connectivity index (χ1n) is 8.22. The van der Waals surface area contributed by atoms with Crippen molar-refractivity contribution in [1.82, 2.24) is 10.2 Å². The average molecular weight is 304 g/mol. The van der Waals surface area contributed by atoms with Gasteiger partial charge in [-0.15, -0.1) is 0 Å². The number of nitrogens with zero attached hydrogens (tertiary/aromatic N) is 1. The third-order valence-corrected chi connectivity index (χ3v) is 4.27. The lowest BCUT2D eigenvalue weighted by Gasteiger charge is -2.31.